The number of benzene rings is 2. The molecule has 10 nitrogen and oxygen atoms in total. The minimum absolute atomic E-state index is 0.00242. The fourth-order valence-electron chi connectivity index (χ4n) is 7.07. The molecule has 3 fully saturated rings. The number of carbonyl (C=O) groups excluding carboxylic acids is 2. The maximum Gasteiger partial charge on any atom is 0.202 e. The molecule has 0 radical (unpaired) electrons. The normalized spacial score (nSPS) is 34.8. The van der Waals surface area contributed by atoms with Crippen LogP contribution in [0.5, 0.6) is 5.75 Å². The van der Waals surface area contributed by atoms with Crippen LogP contribution in [0.15, 0.2) is 33.5 Å². The van der Waals surface area contributed by atoms with Gasteiger partial charge in [0.1, 0.15) is 29.3 Å². The van der Waals surface area contributed by atoms with Crippen molar-refractivity contribution in [2.75, 3.05) is 14.1 Å². The van der Waals surface area contributed by atoms with E-state index in [4.69, 9.17) is 18.6 Å². The summed E-state index contributed by atoms with van der Waals surface area (Å²) in [5, 5.41) is 22.7. The molecule has 7 rings (SSSR count). The number of fused-ring (bicyclic) bond motifs is 4. The number of carbonyl (C=O) groups is 2. The van der Waals surface area contributed by atoms with Gasteiger partial charge in [-0.2, -0.15) is 0 Å². The lowest BCUT2D eigenvalue weighted by Crippen LogP contribution is -2.59. The molecule has 0 amide bonds. The first-order chi connectivity index (χ1) is 20.2. The van der Waals surface area contributed by atoms with Crippen LogP contribution in [0.4, 0.5) is 0 Å². The number of phenolic OH excluding ortho intramolecular Hbond substituents is 1. The fraction of sp³-hybridized carbons (Fsp3) is 0.485. The zero-order valence-electron chi connectivity index (χ0n) is 25.2. The highest BCUT2D eigenvalue weighted by atomic mass is 16.7. The van der Waals surface area contributed by atoms with Gasteiger partial charge in [-0.1, -0.05) is 6.07 Å². The van der Waals surface area contributed by atoms with Crippen molar-refractivity contribution in [3.8, 4) is 5.75 Å². The number of aromatic hydroxyl groups is 1. The van der Waals surface area contributed by atoms with Gasteiger partial charge in [-0.3, -0.25) is 14.4 Å². The van der Waals surface area contributed by atoms with Gasteiger partial charge in [-0.25, -0.2) is 0 Å². The Morgan fingerprint density at radius 2 is 1.65 bits per heavy atom. The third kappa shape index (κ3) is 3.87. The number of hydrogen-bond donors (Lipinski definition) is 2. The highest BCUT2D eigenvalue weighted by molar-refractivity contribution is 6.32. The summed E-state index contributed by atoms with van der Waals surface area (Å²) in [6.45, 7) is 9.12. The third-order valence-corrected chi connectivity index (χ3v) is 10.2. The van der Waals surface area contributed by atoms with Gasteiger partial charge < -0.3 is 33.7 Å². The Morgan fingerprint density at radius 3 is 2.30 bits per heavy atom. The number of rotatable bonds is 4. The summed E-state index contributed by atoms with van der Waals surface area (Å²) < 4.78 is 23.9. The van der Waals surface area contributed by atoms with E-state index < -0.39 is 41.0 Å². The second kappa shape index (κ2) is 9.06. The van der Waals surface area contributed by atoms with Crippen LogP contribution in [0, 0.1) is 6.92 Å². The van der Waals surface area contributed by atoms with E-state index in [-0.39, 0.29) is 68.5 Å². The van der Waals surface area contributed by atoms with E-state index in [1.807, 2.05) is 39.8 Å². The van der Waals surface area contributed by atoms with Crippen LogP contribution in [0.2, 0.25) is 0 Å². The zero-order valence-corrected chi connectivity index (χ0v) is 25.2. The van der Waals surface area contributed by atoms with Crippen molar-refractivity contribution in [2.45, 2.75) is 88.8 Å². The maximum absolute atomic E-state index is 14.3. The molecule has 10 heteroatoms. The Bertz CT molecular complexity index is 1810. The number of phenols is 1. The van der Waals surface area contributed by atoms with E-state index >= 15 is 0 Å². The first-order valence-electron chi connectivity index (χ1n) is 14.6. The first kappa shape index (κ1) is 28.4. The highest BCUT2D eigenvalue weighted by Crippen LogP contribution is 2.53. The van der Waals surface area contributed by atoms with E-state index in [1.54, 1.807) is 19.9 Å². The van der Waals surface area contributed by atoms with E-state index in [0.717, 1.165) is 0 Å². The van der Waals surface area contributed by atoms with Crippen LogP contribution in [-0.2, 0) is 19.8 Å². The number of hydrogen-bond acceptors (Lipinski definition) is 10. The van der Waals surface area contributed by atoms with Gasteiger partial charge in [0.25, 0.3) is 0 Å². The van der Waals surface area contributed by atoms with E-state index in [2.05, 4.69) is 0 Å². The minimum Gasteiger partial charge on any atom is -0.507 e. The number of ketones is 2. The zero-order chi connectivity index (χ0) is 30.9. The standard InChI is InChI=1S/C33H35NO9/c1-13-10-18-24(29-22(13)19(35)11-21(42-29)33(5)31(43-33)28-14(2)41-28)27(38)23-17(25(18)36)9-8-16(26(23)37)20-12-32(4,34(6)7)30(39)15(3)40-20/h8-11,14-15,20,28,30-31,37,39H,12H2,1-7H3/t14-,15-,20+,28+,30+,31-,32-,33-/m0/s1. The van der Waals surface area contributed by atoms with Crippen LogP contribution in [0.3, 0.4) is 0 Å². The summed E-state index contributed by atoms with van der Waals surface area (Å²) in [5.41, 5.74) is -1.14. The number of aliphatic hydroxyl groups is 1. The average molecular weight is 590 g/mol. The number of aryl methyl sites for hydroxylation is 1. The van der Waals surface area contributed by atoms with Crippen LogP contribution in [-0.4, -0.2) is 76.8 Å². The van der Waals surface area contributed by atoms with Crippen molar-refractivity contribution in [1.82, 2.24) is 4.90 Å². The number of epoxide rings is 2. The molecule has 0 unspecified atom stereocenters. The topological polar surface area (TPSA) is 142 Å². The molecule has 8 atom stereocenters. The van der Waals surface area contributed by atoms with Gasteiger partial charge in [0, 0.05) is 28.3 Å². The Balaban J connectivity index is 1.36. The summed E-state index contributed by atoms with van der Waals surface area (Å²) in [5.74, 6) is -1.18. The quantitative estimate of drug-likeness (QED) is 0.340. The van der Waals surface area contributed by atoms with Crippen molar-refractivity contribution in [2.24, 2.45) is 0 Å². The molecule has 0 bridgehead atoms. The molecule has 2 N–H and O–H groups in total. The van der Waals surface area contributed by atoms with Crippen molar-refractivity contribution in [3.05, 3.63) is 73.6 Å². The largest absolute Gasteiger partial charge is 0.507 e. The Labute approximate surface area is 248 Å². The monoisotopic (exact) mass is 589 g/mol. The molecular formula is C33H35NO9. The molecule has 2 aromatic carbocycles. The summed E-state index contributed by atoms with van der Waals surface area (Å²) in [4.78, 5) is 43.5. The van der Waals surface area contributed by atoms with Crippen LogP contribution in [0.1, 0.15) is 88.9 Å². The van der Waals surface area contributed by atoms with E-state index in [0.29, 0.717) is 17.5 Å². The molecule has 3 aromatic rings. The lowest BCUT2D eigenvalue weighted by molar-refractivity contribution is -0.176. The lowest BCUT2D eigenvalue weighted by Gasteiger charge is -2.49. The van der Waals surface area contributed by atoms with Crippen molar-refractivity contribution < 1.29 is 38.4 Å². The van der Waals surface area contributed by atoms with Crippen molar-refractivity contribution in [3.63, 3.8) is 0 Å². The van der Waals surface area contributed by atoms with Gasteiger partial charge >= 0.3 is 0 Å². The van der Waals surface area contributed by atoms with Gasteiger partial charge in [0.05, 0.1) is 40.9 Å². The number of likely N-dealkylation sites (N-methyl/N-ethyl adjacent to an activating group) is 1. The van der Waals surface area contributed by atoms with E-state index in [1.165, 1.54) is 18.2 Å². The van der Waals surface area contributed by atoms with Crippen LogP contribution < -0.4 is 5.43 Å². The molecule has 0 spiro atoms. The molecule has 3 aliphatic heterocycles. The minimum atomic E-state index is -0.910. The molecule has 4 heterocycles. The number of ether oxygens (including phenoxy) is 3. The molecule has 1 aliphatic carbocycles. The van der Waals surface area contributed by atoms with Gasteiger partial charge in [-0.05, 0) is 72.8 Å². The molecule has 4 aliphatic rings. The second-order valence-corrected chi connectivity index (χ2v) is 13.1. The first-order valence-corrected chi connectivity index (χ1v) is 14.6. The molecule has 3 saturated heterocycles. The molecule has 1 aromatic heterocycles. The molecule has 43 heavy (non-hydrogen) atoms. The Morgan fingerprint density at radius 1 is 0.953 bits per heavy atom. The lowest BCUT2D eigenvalue weighted by atomic mass is 9.77. The average Bonchev–Trinajstić information content (AvgIpc) is 3.85. The molecular weight excluding hydrogens is 554 g/mol. The number of nitrogens with zero attached hydrogens (tertiary/aromatic N) is 1. The predicted octanol–water partition coefficient (Wildman–Crippen LogP) is 3.51. The smallest absolute Gasteiger partial charge is 0.202 e. The van der Waals surface area contributed by atoms with Crippen molar-refractivity contribution >= 4 is 22.5 Å². The van der Waals surface area contributed by atoms with E-state index in [9.17, 15) is 24.6 Å². The summed E-state index contributed by atoms with van der Waals surface area (Å²) in [6.07, 6.45) is -2.03. The second-order valence-electron chi connectivity index (χ2n) is 13.1. The predicted molar refractivity (Wildman–Crippen MR) is 155 cm³/mol. The molecule has 0 saturated carbocycles. The highest BCUT2D eigenvalue weighted by Gasteiger charge is 2.66. The molecule has 226 valence electrons. The van der Waals surface area contributed by atoms with Gasteiger partial charge in [0.2, 0.25) is 5.78 Å². The third-order valence-electron chi connectivity index (χ3n) is 10.2. The fourth-order valence-corrected chi connectivity index (χ4v) is 7.07. The number of aliphatic hydroxyl groups excluding tert-OH is 1. The van der Waals surface area contributed by atoms with Gasteiger partial charge in [0.15, 0.2) is 16.8 Å². The maximum atomic E-state index is 14.3. The Kier molecular flexibility index (Phi) is 5.97. The van der Waals surface area contributed by atoms with Crippen LogP contribution in [0.25, 0.3) is 11.0 Å². The van der Waals surface area contributed by atoms with Crippen LogP contribution >= 0.6 is 0 Å². The SMILES string of the molecule is Cc1cc2c(c3oc([C@]4(C)O[C@H]4[C@@H]4O[C@H]4C)cc(=O)c13)C(=O)c1c(ccc([C@H]3C[C@](C)(N(C)C)[C@H](O)[C@H](C)O3)c1O)C2=O. The summed E-state index contributed by atoms with van der Waals surface area (Å²) in [6, 6.07) is 6.06. The van der Waals surface area contributed by atoms with Crippen molar-refractivity contribution in [1.29, 1.82) is 0 Å². The summed E-state index contributed by atoms with van der Waals surface area (Å²) in [7, 11) is 3.74. The van der Waals surface area contributed by atoms with Gasteiger partial charge in [-0.15, -0.1) is 0 Å². The Hall–Kier alpha value is -3.41. The summed E-state index contributed by atoms with van der Waals surface area (Å²) >= 11 is 0.